The second-order valence-corrected chi connectivity index (χ2v) is 3.35. The molecule has 0 bridgehead atoms. The fourth-order valence-corrected chi connectivity index (χ4v) is 1.16. The minimum atomic E-state index is -0.446. The normalized spacial score (nSPS) is 9.53. The van der Waals surface area contributed by atoms with E-state index in [1.165, 1.54) is 12.2 Å². The van der Waals surface area contributed by atoms with Crippen LogP contribution in [0, 0.1) is 11.8 Å². The van der Waals surface area contributed by atoms with Crippen LogP contribution in [0.2, 0.25) is 0 Å². The molecule has 19 heavy (non-hydrogen) atoms. The molecule has 0 saturated carbocycles. The fourth-order valence-electron chi connectivity index (χ4n) is 1.16. The molecule has 0 radical (unpaired) electrons. The standard InChI is InChI=1S/C15H14O4/c1-2-18-14(16)11-7-4-8-12-19-15(17)13-9-5-3-6-10-13/h3,5-7,9-11H,2,12H2,1H3. The zero-order valence-corrected chi connectivity index (χ0v) is 10.6. The lowest BCUT2D eigenvalue weighted by Crippen LogP contribution is -2.04. The number of benzene rings is 1. The molecule has 4 heteroatoms. The predicted molar refractivity (Wildman–Crippen MR) is 70.3 cm³/mol. The number of ether oxygens (including phenoxy) is 2. The molecule has 0 N–H and O–H groups in total. The summed E-state index contributed by atoms with van der Waals surface area (Å²) in [5.74, 6) is 4.30. The molecule has 1 rings (SSSR count). The smallest absolute Gasteiger partial charge is 0.339 e. The lowest BCUT2D eigenvalue weighted by Gasteiger charge is -1.99. The number of hydrogen-bond donors (Lipinski definition) is 0. The molecule has 0 aromatic heterocycles. The van der Waals surface area contributed by atoms with Gasteiger partial charge in [-0.15, -0.1) is 0 Å². The zero-order chi connectivity index (χ0) is 13.9. The van der Waals surface area contributed by atoms with Crippen LogP contribution in [0.1, 0.15) is 17.3 Å². The molecule has 98 valence electrons. The van der Waals surface area contributed by atoms with Crippen molar-refractivity contribution in [2.24, 2.45) is 0 Å². The van der Waals surface area contributed by atoms with Crippen molar-refractivity contribution in [3.8, 4) is 11.8 Å². The van der Waals surface area contributed by atoms with E-state index < -0.39 is 11.9 Å². The molecule has 0 fully saturated rings. The Balaban J connectivity index is 2.32. The number of allylic oxidation sites excluding steroid dienone is 1. The highest BCUT2D eigenvalue weighted by Gasteiger charge is 2.03. The molecule has 1 aromatic carbocycles. The van der Waals surface area contributed by atoms with Gasteiger partial charge in [0.05, 0.1) is 12.2 Å². The van der Waals surface area contributed by atoms with E-state index >= 15 is 0 Å². The summed E-state index contributed by atoms with van der Waals surface area (Å²) in [6.45, 7) is 2.02. The van der Waals surface area contributed by atoms with E-state index in [2.05, 4.69) is 16.6 Å². The first-order chi connectivity index (χ1) is 9.24. The molecule has 0 amide bonds. The maximum Gasteiger partial charge on any atom is 0.339 e. The summed E-state index contributed by atoms with van der Waals surface area (Å²) < 4.78 is 9.59. The van der Waals surface area contributed by atoms with Gasteiger partial charge in [-0.05, 0) is 25.1 Å². The molecule has 1 aromatic rings. The number of esters is 2. The topological polar surface area (TPSA) is 52.6 Å². The summed E-state index contributed by atoms with van der Waals surface area (Å²) in [6, 6.07) is 8.65. The molecule has 0 spiro atoms. The van der Waals surface area contributed by atoms with Gasteiger partial charge in [0.1, 0.15) is 0 Å². The first-order valence-corrected chi connectivity index (χ1v) is 5.78. The van der Waals surface area contributed by atoms with Crippen molar-refractivity contribution in [3.63, 3.8) is 0 Å². The van der Waals surface area contributed by atoms with E-state index in [0.29, 0.717) is 12.2 Å². The van der Waals surface area contributed by atoms with Crippen LogP contribution in [0.4, 0.5) is 0 Å². The van der Waals surface area contributed by atoms with Crippen LogP contribution < -0.4 is 0 Å². The molecular weight excluding hydrogens is 244 g/mol. The lowest BCUT2D eigenvalue weighted by molar-refractivity contribution is -0.137. The third-order valence-corrected chi connectivity index (χ3v) is 1.98. The van der Waals surface area contributed by atoms with Crippen molar-refractivity contribution < 1.29 is 19.1 Å². The van der Waals surface area contributed by atoms with Gasteiger partial charge in [0.15, 0.2) is 6.61 Å². The minimum Gasteiger partial charge on any atom is -0.463 e. The molecule has 4 nitrogen and oxygen atoms in total. The van der Waals surface area contributed by atoms with Gasteiger partial charge in [-0.25, -0.2) is 9.59 Å². The predicted octanol–water partition coefficient (Wildman–Crippen LogP) is 1.97. The van der Waals surface area contributed by atoms with Crippen molar-refractivity contribution in [1.82, 2.24) is 0 Å². The Kier molecular flexibility index (Phi) is 6.52. The largest absolute Gasteiger partial charge is 0.463 e. The zero-order valence-electron chi connectivity index (χ0n) is 10.6. The van der Waals surface area contributed by atoms with E-state index in [4.69, 9.17) is 4.74 Å². The van der Waals surface area contributed by atoms with Crippen LogP contribution in [0.3, 0.4) is 0 Å². The highest BCUT2D eigenvalue weighted by atomic mass is 16.5. The quantitative estimate of drug-likeness (QED) is 0.470. The summed E-state index contributed by atoms with van der Waals surface area (Å²) in [5, 5.41) is 0. The summed E-state index contributed by atoms with van der Waals surface area (Å²) in [4.78, 5) is 22.4. The molecule has 0 aliphatic heterocycles. The van der Waals surface area contributed by atoms with Gasteiger partial charge < -0.3 is 9.47 Å². The monoisotopic (exact) mass is 258 g/mol. The van der Waals surface area contributed by atoms with Crippen LogP contribution in [0.5, 0.6) is 0 Å². The van der Waals surface area contributed by atoms with Crippen molar-refractivity contribution in [2.75, 3.05) is 13.2 Å². The maximum atomic E-state index is 11.5. The van der Waals surface area contributed by atoms with Crippen LogP contribution in [-0.4, -0.2) is 25.2 Å². The summed E-state index contributed by atoms with van der Waals surface area (Å²) >= 11 is 0. The van der Waals surface area contributed by atoms with Gasteiger partial charge in [0, 0.05) is 6.08 Å². The van der Waals surface area contributed by atoms with Crippen molar-refractivity contribution in [2.45, 2.75) is 6.92 Å². The Labute approximate surface area is 112 Å². The van der Waals surface area contributed by atoms with Gasteiger partial charge >= 0.3 is 11.9 Å². The maximum absolute atomic E-state index is 11.5. The van der Waals surface area contributed by atoms with Gasteiger partial charge in [-0.3, -0.25) is 0 Å². The van der Waals surface area contributed by atoms with E-state index in [1.54, 1.807) is 31.2 Å². The number of hydrogen-bond acceptors (Lipinski definition) is 4. The molecular formula is C15H14O4. The Hall–Kier alpha value is -2.54. The first kappa shape index (κ1) is 14.5. The Morgan fingerprint density at radius 2 is 1.95 bits per heavy atom. The third-order valence-electron chi connectivity index (χ3n) is 1.98. The van der Waals surface area contributed by atoms with Gasteiger partial charge in [0.2, 0.25) is 0 Å². The second-order valence-electron chi connectivity index (χ2n) is 3.35. The van der Waals surface area contributed by atoms with Crippen LogP contribution in [-0.2, 0) is 14.3 Å². The summed E-state index contributed by atoms with van der Waals surface area (Å²) in [5.41, 5.74) is 0.478. The van der Waals surface area contributed by atoms with Gasteiger partial charge in [-0.1, -0.05) is 30.0 Å². The van der Waals surface area contributed by atoms with Crippen LogP contribution in [0.15, 0.2) is 42.5 Å². The highest BCUT2D eigenvalue weighted by Crippen LogP contribution is 2.00. The van der Waals surface area contributed by atoms with Crippen LogP contribution in [0.25, 0.3) is 0 Å². The second kappa shape index (κ2) is 8.54. The van der Waals surface area contributed by atoms with Gasteiger partial charge in [0.25, 0.3) is 0 Å². The van der Waals surface area contributed by atoms with E-state index in [0.717, 1.165) is 0 Å². The SMILES string of the molecule is CCOC(=O)C=CC#CCOC(=O)c1ccccc1. The van der Waals surface area contributed by atoms with E-state index in [-0.39, 0.29) is 6.61 Å². The van der Waals surface area contributed by atoms with E-state index in [9.17, 15) is 9.59 Å². The molecule has 0 aliphatic rings. The molecule has 0 aliphatic carbocycles. The number of carbonyl (C=O) groups excluding carboxylic acids is 2. The first-order valence-electron chi connectivity index (χ1n) is 5.78. The van der Waals surface area contributed by atoms with E-state index in [1.807, 2.05) is 6.07 Å². The summed E-state index contributed by atoms with van der Waals surface area (Å²) in [7, 11) is 0. The van der Waals surface area contributed by atoms with Crippen molar-refractivity contribution >= 4 is 11.9 Å². The van der Waals surface area contributed by atoms with Crippen LogP contribution >= 0.6 is 0 Å². The average molecular weight is 258 g/mol. The van der Waals surface area contributed by atoms with Crippen molar-refractivity contribution in [1.29, 1.82) is 0 Å². The molecule has 0 saturated heterocycles. The lowest BCUT2D eigenvalue weighted by atomic mass is 10.2. The number of carbonyl (C=O) groups is 2. The van der Waals surface area contributed by atoms with Gasteiger partial charge in [-0.2, -0.15) is 0 Å². The third kappa shape index (κ3) is 6.08. The minimum absolute atomic E-state index is 0.0269. The Morgan fingerprint density at radius 3 is 2.63 bits per heavy atom. The van der Waals surface area contributed by atoms with Crippen molar-refractivity contribution in [3.05, 3.63) is 48.0 Å². The Bertz CT molecular complexity index is 506. The fraction of sp³-hybridized carbons (Fsp3) is 0.200. The molecule has 0 unspecified atom stereocenters. The average Bonchev–Trinajstić information content (AvgIpc) is 2.43. The number of rotatable bonds is 4. The molecule has 0 heterocycles. The Morgan fingerprint density at radius 1 is 1.21 bits per heavy atom. The molecule has 0 atom stereocenters. The highest BCUT2D eigenvalue weighted by molar-refractivity contribution is 5.89. The summed E-state index contributed by atoms with van der Waals surface area (Å²) in [6.07, 6.45) is 2.57.